The standard InChI is InChI=1S/C27H29N5O2.C2H6/c1-3-20(28)16-18-10-9-13-21(17-18)29-27(34)31-25-26(33)32(2)23-15-8-7-14-22(23)24(30-25)19-11-5-4-6-12-19;1-2/h4-15,17,20,25H,3,16,28H2,1-2H3,(H2,29,31,34);1-2H3/t20-,25+;/m1./s1. The van der Waals surface area contributed by atoms with Crippen molar-refractivity contribution in [1.29, 1.82) is 0 Å². The Hall–Kier alpha value is -3.97. The van der Waals surface area contributed by atoms with Gasteiger partial charge in [-0.05, 0) is 36.6 Å². The topological polar surface area (TPSA) is 99.8 Å². The fraction of sp³-hybridized carbons (Fsp3) is 0.276. The lowest BCUT2D eigenvalue weighted by Gasteiger charge is -2.21. The Labute approximate surface area is 213 Å². The second-order valence-electron chi connectivity index (χ2n) is 8.33. The number of para-hydroxylation sites is 1. The number of amides is 3. The normalized spacial score (nSPS) is 15.5. The van der Waals surface area contributed by atoms with Crippen LogP contribution in [0.15, 0.2) is 83.9 Å². The van der Waals surface area contributed by atoms with E-state index in [4.69, 9.17) is 10.7 Å². The second-order valence-corrected chi connectivity index (χ2v) is 8.33. The fourth-order valence-electron chi connectivity index (χ4n) is 3.96. The van der Waals surface area contributed by atoms with Gasteiger partial charge in [0.15, 0.2) is 0 Å². The highest BCUT2D eigenvalue weighted by molar-refractivity contribution is 6.20. The molecule has 4 N–H and O–H groups in total. The number of benzodiazepines with no additional fused rings is 1. The highest BCUT2D eigenvalue weighted by Crippen LogP contribution is 2.27. The number of nitrogens with two attached hydrogens (primary N) is 1. The lowest BCUT2D eigenvalue weighted by Crippen LogP contribution is -2.47. The Kier molecular flexibility index (Phi) is 9.36. The summed E-state index contributed by atoms with van der Waals surface area (Å²) in [5.41, 5.74) is 10.8. The van der Waals surface area contributed by atoms with E-state index >= 15 is 0 Å². The number of carbonyl (C=O) groups is 2. The molecular weight excluding hydrogens is 450 g/mol. The van der Waals surface area contributed by atoms with Crippen LogP contribution in [-0.4, -0.2) is 36.9 Å². The van der Waals surface area contributed by atoms with Crippen LogP contribution in [0.25, 0.3) is 0 Å². The summed E-state index contributed by atoms with van der Waals surface area (Å²) >= 11 is 0. The van der Waals surface area contributed by atoms with Crippen molar-refractivity contribution in [3.05, 3.63) is 95.6 Å². The van der Waals surface area contributed by atoms with Gasteiger partial charge in [-0.3, -0.25) is 4.79 Å². The minimum atomic E-state index is -1.08. The number of aliphatic imine (C=N–C) groups is 1. The van der Waals surface area contributed by atoms with E-state index in [1.54, 1.807) is 13.1 Å². The molecule has 3 aromatic carbocycles. The van der Waals surface area contributed by atoms with Crippen LogP contribution in [0.4, 0.5) is 16.2 Å². The molecule has 0 bridgehead atoms. The monoisotopic (exact) mass is 485 g/mol. The van der Waals surface area contributed by atoms with Crippen molar-refractivity contribution in [2.24, 2.45) is 10.7 Å². The molecule has 7 nitrogen and oxygen atoms in total. The van der Waals surface area contributed by atoms with Gasteiger partial charge in [-0.25, -0.2) is 9.79 Å². The summed E-state index contributed by atoms with van der Waals surface area (Å²) in [7, 11) is 1.69. The van der Waals surface area contributed by atoms with E-state index in [0.717, 1.165) is 35.2 Å². The van der Waals surface area contributed by atoms with Crippen LogP contribution in [0.1, 0.15) is 43.9 Å². The third-order valence-electron chi connectivity index (χ3n) is 5.87. The Bertz CT molecular complexity index is 1210. The first-order chi connectivity index (χ1) is 17.5. The van der Waals surface area contributed by atoms with Gasteiger partial charge in [0.2, 0.25) is 6.17 Å². The van der Waals surface area contributed by atoms with Crippen molar-refractivity contribution in [3.63, 3.8) is 0 Å². The number of anilines is 2. The molecule has 188 valence electrons. The quantitative estimate of drug-likeness (QED) is 0.460. The molecule has 2 atom stereocenters. The van der Waals surface area contributed by atoms with E-state index in [0.29, 0.717) is 11.4 Å². The minimum Gasteiger partial charge on any atom is -0.327 e. The van der Waals surface area contributed by atoms with Crippen molar-refractivity contribution >= 4 is 29.0 Å². The summed E-state index contributed by atoms with van der Waals surface area (Å²) in [6.07, 6.45) is 0.520. The molecule has 1 heterocycles. The van der Waals surface area contributed by atoms with Crippen LogP contribution in [0, 0.1) is 0 Å². The summed E-state index contributed by atoms with van der Waals surface area (Å²) in [5.74, 6) is -0.323. The van der Waals surface area contributed by atoms with E-state index in [1.807, 2.05) is 93.6 Å². The number of rotatable bonds is 6. The maximum atomic E-state index is 13.2. The maximum absolute atomic E-state index is 13.2. The molecule has 3 amide bonds. The van der Waals surface area contributed by atoms with E-state index < -0.39 is 12.2 Å². The summed E-state index contributed by atoms with van der Waals surface area (Å²) in [4.78, 5) is 32.3. The zero-order valence-corrected chi connectivity index (χ0v) is 21.4. The van der Waals surface area contributed by atoms with Gasteiger partial charge in [0.25, 0.3) is 5.91 Å². The molecule has 3 aromatic rings. The molecule has 1 aliphatic rings. The summed E-state index contributed by atoms with van der Waals surface area (Å²) in [5, 5.41) is 5.56. The van der Waals surface area contributed by atoms with E-state index in [-0.39, 0.29) is 11.9 Å². The van der Waals surface area contributed by atoms with Gasteiger partial charge in [0, 0.05) is 29.9 Å². The second kappa shape index (κ2) is 12.7. The van der Waals surface area contributed by atoms with E-state index in [1.165, 1.54) is 4.90 Å². The summed E-state index contributed by atoms with van der Waals surface area (Å²) < 4.78 is 0. The van der Waals surface area contributed by atoms with Gasteiger partial charge in [-0.15, -0.1) is 0 Å². The van der Waals surface area contributed by atoms with Crippen molar-refractivity contribution in [3.8, 4) is 0 Å². The molecule has 0 spiro atoms. The first-order valence-electron chi connectivity index (χ1n) is 12.4. The number of urea groups is 1. The average Bonchev–Trinajstić information content (AvgIpc) is 3.01. The fourth-order valence-corrected chi connectivity index (χ4v) is 3.96. The van der Waals surface area contributed by atoms with Gasteiger partial charge in [0.1, 0.15) is 0 Å². The van der Waals surface area contributed by atoms with Crippen LogP contribution in [-0.2, 0) is 11.2 Å². The number of nitrogens with one attached hydrogen (secondary N) is 2. The molecular formula is C29H35N5O2. The smallest absolute Gasteiger partial charge is 0.321 e. The predicted octanol–water partition coefficient (Wildman–Crippen LogP) is 4.95. The molecule has 0 aromatic heterocycles. The van der Waals surface area contributed by atoms with Crippen LogP contribution >= 0.6 is 0 Å². The van der Waals surface area contributed by atoms with Crippen LogP contribution in [0.2, 0.25) is 0 Å². The molecule has 0 fully saturated rings. The number of hydrogen-bond donors (Lipinski definition) is 3. The highest BCUT2D eigenvalue weighted by Gasteiger charge is 2.30. The van der Waals surface area contributed by atoms with Crippen molar-refractivity contribution in [2.45, 2.75) is 45.8 Å². The molecule has 0 saturated carbocycles. The van der Waals surface area contributed by atoms with Gasteiger partial charge >= 0.3 is 6.03 Å². The summed E-state index contributed by atoms with van der Waals surface area (Å²) in [6.45, 7) is 6.05. The SMILES string of the molecule is CC.CC[C@@H](N)Cc1cccc(NC(=O)N[C@@H]2N=C(c3ccccc3)c3ccccc3N(C)C2=O)c1. The van der Waals surface area contributed by atoms with Crippen molar-refractivity contribution in [2.75, 3.05) is 17.3 Å². The Balaban J connectivity index is 0.00000176. The van der Waals surface area contributed by atoms with Crippen LogP contribution in [0.5, 0.6) is 0 Å². The van der Waals surface area contributed by atoms with Gasteiger partial charge < -0.3 is 21.3 Å². The Morgan fingerprint density at radius 2 is 1.72 bits per heavy atom. The number of hydrogen-bond acceptors (Lipinski definition) is 4. The number of likely N-dealkylation sites (N-methyl/N-ethyl adjacent to an activating group) is 1. The van der Waals surface area contributed by atoms with Gasteiger partial charge in [0.05, 0.1) is 11.4 Å². The largest absolute Gasteiger partial charge is 0.327 e. The Morgan fingerprint density at radius 3 is 2.44 bits per heavy atom. The predicted molar refractivity (Wildman–Crippen MR) is 148 cm³/mol. The minimum absolute atomic E-state index is 0.0654. The van der Waals surface area contributed by atoms with Gasteiger partial charge in [-0.2, -0.15) is 0 Å². The average molecular weight is 486 g/mol. The third-order valence-corrected chi connectivity index (χ3v) is 5.87. The molecule has 0 saturated heterocycles. The molecule has 0 unspecified atom stereocenters. The zero-order chi connectivity index (χ0) is 26.1. The van der Waals surface area contributed by atoms with Crippen molar-refractivity contribution < 1.29 is 9.59 Å². The third kappa shape index (κ3) is 6.37. The molecule has 1 aliphatic heterocycles. The zero-order valence-electron chi connectivity index (χ0n) is 21.4. The van der Waals surface area contributed by atoms with E-state index in [2.05, 4.69) is 10.6 Å². The number of fused-ring (bicyclic) bond motifs is 1. The molecule has 0 aliphatic carbocycles. The lowest BCUT2D eigenvalue weighted by atomic mass is 10.0. The first kappa shape index (κ1) is 26.6. The molecule has 7 heteroatoms. The molecule has 36 heavy (non-hydrogen) atoms. The lowest BCUT2D eigenvalue weighted by molar-refractivity contribution is -0.119. The molecule has 4 rings (SSSR count). The Morgan fingerprint density at radius 1 is 1.03 bits per heavy atom. The van der Waals surface area contributed by atoms with Crippen LogP contribution in [0.3, 0.4) is 0 Å². The maximum Gasteiger partial charge on any atom is 0.321 e. The van der Waals surface area contributed by atoms with Gasteiger partial charge in [-0.1, -0.05) is 81.4 Å². The van der Waals surface area contributed by atoms with Crippen LogP contribution < -0.4 is 21.3 Å². The number of nitrogens with zero attached hydrogens (tertiary/aromatic N) is 2. The summed E-state index contributed by atoms with van der Waals surface area (Å²) in [6, 6.07) is 24.3. The first-order valence-corrected chi connectivity index (χ1v) is 12.4. The van der Waals surface area contributed by atoms with Crippen molar-refractivity contribution in [1.82, 2.24) is 5.32 Å². The van der Waals surface area contributed by atoms with E-state index in [9.17, 15) is 9.59 Å². The highest BCUT2D eigenvalue weighted by atomic mass is 16.2. The number of carbonyl (C=O) groups excluding carboxylic acids is 2. The molecule has 0 radical (unpaired) electrons. The number of benzene rings is 3.